The number of amides is 2. The lowest BCUT2D eigenvalue weighted by Gasteiger charge is -2.42. The Morgan fingerprint density at radius 1 is 1.13 bits per heavy atom. The molecule has 0 aromatic heterocycles. The predicted molar refractivity (Wildman–Crippen MR) is 92.6 cm³/mol. The minimum absolute atomic E-state index is 0. The van der Waals surface area contributed by atoms with Gasteiger partial charge in [0.1, 0.15) is 6.04 Å². The highest BCUT2D eigenvalue weighted by molar-refractivity contribution is 5.88. The third-order valence-corrected chi connectivity index (χ3v) is 5.88. The van der Waals surface area contributed by atoms with Crippen LogP contribution in [0, 0.1) is 5.41 Å². The summed E-state index contributed by atoms with van der Waals surface area (Å²) in [5, 5.41) is 3.46. The molecule has 3 fully saturated rings. The van der Waals surface area contributed by atoms with Crippen molar-refractivity contribution in [3.8, 4) is 0 Å². The zero-order chi connectivity index (χ0) is 15.6. The van der Waals surface area contributed by atoms with Crippen LogP contribution in [0.3, 0.4) is 0 Å². The van der Waals surface area contributed by atoms with E-state index in [1.54, 1.807) is 0 Å². The Balaban J connectivity index is 0.00000192. The lowest BCUT2D eigenvalue weighted by Crippen LogP contribution is -2.55. The molecule has 132 valence electrons. The van der Waals surface area contributed by atoms with Gasteiger partial charge >= 0.3 is 0 Å². The summed E-state index contributed by atoms with van der Waals surface area (Å²) in [6.07, 6.45) is 6.90. The summed E-state index contributed by atoms with van der Waals surface area (Å²) in [7, 11) is 0. The van der Waals surface area contributed by atoms with Gasteiger partial charge in [-0.2, -0.15) is 0 Å². The Morgan fingerprint density at radius 2 is 1.87 bits per heavy atom. The van der Waals surface area contributed by atoms with E-state index < -0.39 is 0 Å². The maximum absolute atomic E-state index is 12.9. The minimum Gasteiger partial charge on any atom is -0.341 e. The summed E-state index contributed by atoms with van der Waals surface area (Å²) in [5.41, 5.74) is 0.433. The molecule has 3 aliphatic rings. The molecule has 6 heteroatoms. The minimum atomic E-state index is -0.197. The van der Waals surface area contributed by atoms with E-state index in [0.29, 0.717) is 11.8 Å². The molecule has 0 aromatic rings. The van der Waals surface area contributed by atoms with Crippen LogP contribution in [0.15, 0.2) is 0 Å². The van der Waals surface area contributed by atoms with Crippen molar-refractivity contribution in [1.29, 1.82) is 0 Å². The Hall–Kier alpha value is -0.810. The van der Waals surface area contributed by atoms with Gasteiger partial charge < -0.3 is 15.1 Å². The lowest BCUT2D eigenvalue weighted by molar-refractivity contribution is -0.149. The molecular formula is C17H30ClN3O2. The molecule has 3 aliphatic heterocycles. The largest absolute Gasteiger partial charge is 0.341 e. The third kappa shape index (κ3) is 3.82. The summed E-state index contributed by atoms with van der Waals surface area (Å²) >= 11 is 0. The summed E-state index contributed by atoms with van der Waals surface area (Å²) in [6.45, 7) is 6.60. The molecule has 3 saturated heterocycles. The molecule has 3 rings (SSSR count). The number of hydrogen-bond donors (Lipinski definition) is 1. The average molecular weight is 344 g/mol. The number of halogens is 1. The molecule has 0 radical (unpaired) electrons. The number of hydrogen-bond acceptors (Lipinski definition) is 3. The second-order valence-corrected chi connectivity index (χ2v) is 7.20. The van der Waals surface area contributed by atoms with Crippen LogP contribution >= 0.6 is 12.4 Å². The zero-order valence-corrected chi connectivity index (χ0v) is 15.0. The van der Waals surface area contributed by atoms with E-state index in [4.69, 9.17) is 0 Å². The molecule has 23 heavy (non-hydrogen) atoms. The van der Waals surface area contributed by atoms with Gasteiger partial charge in [0.15, 0.2) is 0 Å². The first-order valence-electron chi connectivity index (χ1n) is 8.94. The first-order valence-corrected chi connectivity index (χ1v) is 8.94. The van der Waals surface area contributed by atoms with E-state index >= 15 is 0 Å². The topological polar surface area (TPSA) is 52.7 Å². The Morgan fingerprint density at radius 3 is 2.48 bits per heavy atom. The standard InChI is InChI=1S/C17H29N3O2.ClH/c1-2-15(21)20-10-4-3-5-14(20)16(22)19-11-7-17(8-12-19)6-9-18-13-17;/h14,18H,2-13H2,1H3;1H. The van der Waals surface area contributed by atoms with E-state index in [2.05, 4.69) is 5.32 Å². The van der Waals surface area contributed by atoms with Gasteiger partial charge in [0.25, 0.3) is 0 Å². The van der Waals surface area contributed by atoms with Crippen molar-refractivity contribution in [3.05, 3.63) is 0 Å². The van der Waals surface area contributed by atoms with Crippen LogP contribution < -0.4 is 5.32 Å². The average Bonchev–Trinajstić information content (AvgIpc) is 3.02. The molecule has 1 N–H and O–H groups in total. The zero-order valence-electron chi connectivity index (χ0n) is 14.2. The van der Waals surface area contributed by atoms with Crippen LogP contribution in [0.25, 0.3) is 0 Å². The summed E-state index contributed by atoms with van der Waals surface area (Å²) in [4.78, 5) is 28.9. The van der Waals surface area contributed by atoms with Gasteiger partial charge in [-0.15, -0.1) is 12.4 Å². The summed E-state index contributed by atoms with van der Waals surface area (Å²) in [6, 6.07) is -0.197. The maximum Gasteiger partial charge on any atom is 0.245 e. The van der Waals surface area contributed by atoms with Gasteiger partial charge in [-0.05, 0) is 50.5 Å². The highest BCUT2D eigenvalue weighted by Gasteiger charge is 2.40. The van der Waals surface area contributed by atoms with Gasteiger partial charge in [-0.1, -0.05) is 6.92 Å². The molecule has 0 aromatic carbocycles. The van der Waals surface area contributed by atoms with E-state index in [0.717, 1.165) is 64.8 Å². The number of piperidine rings is 2. The van der Waals surface area contributed by atoms with E-state index in [1.165, 1.54) is 6.42 Å². The molecule has 5 nitrogen and oxygen atoms in total. The second-order valence-electron chi connectivity index (χ2n) is 7.20. The highest BCUT2D eigenvalue weighted by Crippen LogP contribution is 2.37. The van der Waals surface area contributed by atoms with E-state index in [9.17, 15) is 9.59 Å². The van der Waals surface area contributed by atoms with Crippen LogP contribution in [0.5, 0.6) is 0 Å². The first-order chi connectivity index (χ1) is 10.7. The molecular weight excluding hydrogens is 314 g/mol. The number of likely N-dealkylation sites (tertiary alicyclic amines) is 2. The SMILES string of the molecule is CCC(=O)N1CCCCC1C(=O)N1CCC2(CCNC2)CC1.Cl. The van der Waals surface area contributed by atoms with Gasteiger partial charge in [0.2, 0.25) is 11.8 Å². The van der Waals surface area contributed by atoms with Crippen molar-refractivity contribution in [2.75, 3.05) is 32.7 Å². The first kappa shape index (κ1) is 18.5. The van der Waals surface area contributed by atoms with Crippen LogP contribution in [0.4, 0.5) is 0 Å². The van der Waals surface area contributed by atoms with Crippen molar-refractivity contribution >= 4 is 24.2 Å². The van der Waals surface area contributed by atoms with Crippen molar-refractivity contribution in [1.82, 2.24) is 15.1 Å². The molecule has 3 heterocycles. The van der Waals surface area contributed by atoms with Crippen molar-refractivity contribution < 1.29 is 9.59 Å². The third-order valence-electron chi connectivity index (χ3n) is 5.88. The number of nitrogens with one attached hydrogen (secondary N) is 1. The van der Waals surface area contributed by atoms with Crippen LogP contribution in [-0.2, 0) is 9.59 Å². The van der Waals surface area contributed by atoms with Gasteiger partial charge in [0.05, 0.1) is 0 Å². The Bertz CT molecular complexity index is 428. The summed E-state index contributed by atoms with van der Waals surface area (Å²) in [5.74, 6) is 0.328. The normalized spacial score (nSPS) is 26.9. The highest BCUT2D eigenvalue weighted by atomic mass is 35.5. The number of carbonyl (C=O) groups excluding carboxylic acids is 2. The Kier molecular flexibility index (Phi) is 6.32. The molecule has 1 unspecified atom stereocenters. The maximum atomic E-state index is 12.9. The van der Waals surface area contributed by atoms with Gasteiger partial charge in [0, 0.05) is 32.6 Å². The molecule has 2 amide bonds. The van der Waals surface area contributed by atoms with Crippen LogP contribution in [0.2, 0.25) is 0 Å². The predicted octanol–water partition coefficient (Wildman–Crippen LogP) is 1.80. The van der Waals surface area contributed by atoms with Crippen molar-refractivity contribution in [2.24, 2.45) is 5.41 Å². The van der Waals surface area contributed by atoms with Crippen LogP contribution in [-0.4, -0.2) is 60.4 Å². The van der Waals surface area contributed by atoms with E-state index in [-0.39, 0.29) is 30.3 Å². The molecule has 0 saturated carbocycles. The molecule has 0 aliphatic carbocycles. The van der Waals surface area contributed by atoms with Crippen LogP contribution in [0.1, 0.15) is 51.9 Å². The molecule has 1 atom stereocenters. The monoisotopic (exact) mass is 343 g/mol. The fourth-order valence-electron chi connectivity index (χ4n) is 4.32. The Labute approximate surface area is 145 Å². The molecule has 0 bridgehead atoms. The number of nitrogens with zero attached hydrogens (tertiary/aromatic N) is 2. The van der Waals surface area contributed by atoms with Crippen molar-refractivity contribution in [2.45, 2.75) is 57.9 Å². The number of rotatable bonds is 2. The summed E-state index contributed by atoms with van der Waals surface area (Å²) < 4.78 is 0. The fourth-order valence-corrected chi connectivity index (χ4v) is 4.32. The molecule has 1 spiro atoms. The second kappa shape index (κ2) is 7.84. The van der Waals surface area contributed by atoms with E-state index in [1.807, 2.05) is 16.7 Å². The quantitative estimate of drug-likeness (QED) is 0.831. The number of carbonyl (C=O) groups is 2. The van der Waals surface area contributed by atoms with Crippen molar-refractivity contribution in [3.63, 3.8) is 0 Å². The van der Waals surface area contributed by atoms with Gasteiger partial charge in [-0.25, -0.2) is 0 Å². The van der Waals surface area contributed by atoms with Gasteiger partial charge in [-0.3, -0.25) is 9.59 Å². The smallest absolute Gasteiger partial charge is 0.245 e. The fraction of sp³-hybridized carbons (Fsp3) is 0.882. The lowest BCUT2D eigenvalue weighted by atomic mass is 9.77.